The van der Waals surface area contributed by atoms with Gasteiger partial charge in [-0.15, -0.1) is 0 Å². The largest absolute Gasteiger partial charge is 0.351 e. The second-order valence-electron chi connectivity index (χ2n) is 8.74. The van der Waals surface area contributed by atoms with E-state index in [4.69, 9.17) is 11.1 Å². The Balaban J connectivity index is 1.53. The van der Waals surface area contributed by atoms with Crippen molar-refractivity contribution in [1.29, 1.82) is 5.41 Å². The van der Waals surface area contributed by atoms with Crippen LogP contribution in [0.1, 0.15) is 49.4 Å². The summed E-state index contributed by atoms with van der Waals surface area (Å²) in [5.41, 5.74) is 16.7. The van der Waals surface area contributed by atoms with Gasteiger partial charge in [0.2, 0.25) is 5.95 Å². The number of rotatable bonds is 9. The first-order valence-corrected chi connectivity index (χ1v) is 11.0. The first kappa shape index (κ1) is 23.1. The predicted molar refractivity (Wildman–Crippen MR) is 128 cm³/mol. The van der Waals surface area contributed by atoms with Crippen molar-refractivity contribution in [3.8, 4) is 0 Å². The monoisotopic (exact) mass is 424 g/mol. The number of hydrazine groups is 1. The lowest BCUT2D eigenvalue weighted by Gasteiger charge is -2.32. The van der Waals surface area contributed by atoms with E-state index in [1.54, 1.807) is 13.2 Å². The van der Waals surface area contributed by atoms with Gasteiger partial charge in [0.1, 0.15) is 0 Å². The summed E-state index contributed by atoms with van der Waals surface area (Å²) in [7, 11) is 1.79. The van der Waals surface area contributed by atoms with Gasteiger partial charge in [0, 0.05) is 24.5 Å². The summed E-state index contributed by atoms with van der Waals surface area (Å²) in [6.07, 6.45) is 6.89. The van der Waals surface area contributed by atoms with E-state index in [2.05, 4.69) is 63.5 Å². The fraction of sp³-hybridized carbons (Fsp3) is 0.522. The SMILES string of the molecule is CNC(N)C(C)(C=N)c1ccnc(NC2CCC(NNc3ccc(C)cc3C)CC2)n1. The summed E-state index contributed by atoms with van der Waals surface area (Å²) >= 11 is 0. The standard InChI is InChI=1S/C23H36N8/c1-15-5-10-19(16(2)13-15)31-30-18-8-6-17(7-9-18)28-22-27-12-11-20(29-22)23(3,14-24)21(25)26-4/h5,10-14,17-18,21,24,26,30-31H,6-9,25H2,1-4H3,(H,27,28,29). The number of nitrogens with zero attached hydrogens (tertiary/aromatic N) is 2. The third-order valence-electron chi connectivity index (χ3n) is 6.32. The van der Waals surface area contributed by atoms with Crippen LogP contribution in [-0.4, -0.2) is 41.5 Å². The first-order chi connectivity index (χ1) is 14.9. The quantitative estimate of drug-likeness (QED) is 0.208. The molecule has 8 heteroatoms. The minimum atomic E-state index is -0.699. The topological polar surface area (TPSA) is 124 Å². The molecule has 2 aromatic rings. The van der Waals surface area contributed by atoms with Crippen molar-refractivity contribution in [2.75, 3.05) is 17.8 Å². The number of hydrogen-bond acceptors (Lipinski definition) is 8. The summed E-state index contributed by atoms with van der Waals surface area (Å²) in [5, 5.41) is 14.4. The van der Waals surface area contributed by atoms with Crippen LogP contribution in [0, 0.1) is 19.3 Å². The molecular formula is C23H36N8. The summed E-state index contributed by atoms with van der Waals surface area (Å²) in [4.78, 5) is 9.06. The Hall–Kier alpha value is -2.55. The number of anilines is 2. The molecule has 1 fully saturated rings. The van der Waals surface area contributed by atoms with E-state index >= 15 is 0 Å². The van der Waals surface area contributed by atoms with Crippen LogP contribution >= 0.6 is 0 Å². The minimum Gasteiger partial charge on any atom is -0.351 e. The zero-order valence-electron chi connectivity index (χ0n) is 19.0. The minimum absolute atomic E-state index is 0.332. The molecule has 0 spiro atoms. The fourth-order valence-electron chi connectivity index (χ4n) is 4.05. The van der Waals surface area contributed by atoms with Crippen molar-refractivity contribution in [3.05, 3.63) is 47.3 Å². The Morgan fingerprint density at radius 3 is 2.52 bits per heavy atom. The number of aryl methyl sites for hydroxylation is 2. The molecule has 31 heavy (non-hydrogen) atoms. The molecule has 1 saturated carbocycles. The summed E-state index contributed by atoms with van der Waals surface area (Å²) in [6.45, 7) is 6.14. The zero-order valence-corrected chi connectivity index (χ0v) is 19.0. The van der Waals surface area contributed by atoms with E-state index in [-0.39, 0.29) is 0 Å². The van der Waals surface area contributed by atoms with Crippen molar-refractivity contribution in [2.24, 2.45) is 5.73 Å². The van der Waals surface area contributed by atoms with Crippen molar-refractivity contribution >= 4 is 17.9 Å². The maximum atomic E-state index is 7.86. The van der Waals surface area contributed by atoms with Gasteiger partial charge in [-0.3, -0.25) is 0 Å². The predicted octanol–water partition coefficient (Wildman–Crippen LogP) is 2.84. The lowest BCUT2D eigenvalue weighted by molar-refractivity contribution is 0.369. The van der Waals surface area contributed by atoms with Crippen LogP contribution in [0.3, 0.4) is 0 Å². The van der Waals surface area contributed by atoms with Gasteiger partial charge in [-0.1, -0.05) is 17.7 Å². The van der Waals surface area contributed by atoms with Gasteiger partial charge in [-0.25, -0.2) is 15.4 Å². The van der Waals surface area contributed by atoms with Crippen molar-refractivity contribution < 1.29 is 0 Å². The Morgan fingerprint density at radius 1 is 1.16 bits per heavy atom. The number of benzene rings is 1. The summed E-state index contributed by atoms with van der Waals surface area (Å²) in [6, 6.07) is 9.02. The van der Waals surface area contributed by atoms with Gasteiger partial charge in [0.05, 0.1) is 23.0 Å². The van der Waals surface area contributed by atoms with Crippen molar-refractivity contribution in [1.82, 2.24) is 20.7 Å². The highest BCUT2D eigenvalue weighted by molar-refractivity contribution is 5.70. The average Bonchev–Trinajstić information content (AvgIpc) is 2.78. The molecule has 2 atom stereocenters. The highest BCUT2D eigenvalue weighted by atomic mass is 15.4. The van der Waals surface area contributed by atoms with Crippen LogP contribution in [0.4, 0.5) is 11.6 Å². The molecule has 168 valence electrons. The first-order valence-electron chi connectivity index (χ1n) is 11.0. The molecule has 0 saturated heterocycles. The van der Waals surface area contributed by atoms with Gasteiger partial charge in [0.25, 0.3) is 0 Å². The molecule has 3 rings (SSSR count). The molecule has 1 aliphatic carbocycles. The van der Waals surface area contributed by atoms with E-state index in [1.807, 2.05) is 13.0 Å². The molecule has 0 bridgehead atoms. The van der Waals surface area contributed by atoms with Gasteiger partial charge in [-0.2, -0.15) is 0 Å². The smallest absolute Gasteiger partial charge is 0.223 e. The molecule has 1 aliphatic rings. The lowest BCUT2D eigenvalue weighted by Crippen LogP contribution is -2.52. The van der Waals surface area contributed by atoms with E-state index in [0.717, 1.165) is 37.1 Å². The molecule has 7 N–H and O–H groups in total. The van der Waals surface area contributed by atoms with Crippen LogP contribution in [-0.2, 0) is 5.41 Å². The van der Waals surface area contributed by atoms with Gasteiger partial charge < -0.3 is 27.2 Å². The van der Waals surface area contributed by atoms with Crippen molar-refractivity contribution in [2.45, 2.75) is 70.1 Å². The van der Waals surface area contributed by atoms with Crippen LogP contribution in [0.5, 0.6) is 0 Å². The highest BCUT2D eigenvalue weighted by Crippen LogP contribution is 2.25. The Morgan fingerprint density at radius 2 is 1.87 bits per heavy atom. The number of aromatic nitrogens is 2. The van der Waals surface area contributed by atoms with Gasteiger partial charge in [0.15, 0.2) is 0 Å². The van der Waals surface area contributed by atoms with Crippen LogP contribution in [0.2, 0.25) is 0 Å². The Bertz CT molecular complexity index is 878. The molecule has 1 aromatic heterocycles. The Labute approximate surface area is 185 Å². The molecule has 1 aromatic carbocycles. The average molecular weight is 425 g/mol. The number of nitrogens with two attached hydrogens (primary N) is 1. The van der Waals surface area contributed by atoms with Crippen molar-refractivity contribution in [3.63, 3.8) is 0 Å². The van der Waals surface area contributed by atoms with E-state index in [1.165, 1.54) is 17.3 Å². The third kappa shape index (κ3) is 5.58. The summed E-state index contributed by atoms with van der Waals surface area (Å²) in [5.74, 6) is 0.596. The second-order valence-corrected chi connectivity index (χ2v) is 8.74. The molecule has 1 heterocycles. The second kappa shape index (κ2) is 10.2. The van der Waals surface area contributed by atoms with Crippen LogP contribution < -0.4 is 27.2 Å². The summed E-state index contributed by atoms with van der Waals surface area (Å²) < 4.78 is 0. The molecule has 0 aliphatic heterocycles. The van der Waals surface area contributed by atoms with E-state index in [0.29, 0.717) is 18.0 Å². The molecule has 2 unspecified atom stereocenters. The molecule has 0 amide bonds. The van der Waals surface area contributed by atoms with Gasteiger partial charge >= 0.3 is 0 Å². The Kier molecular flexibility index (Phi) is 7.59. The normalized spacial score (nSPS) is 21.7. The number of hydrogen-bond donors (Lipinski definition) is 6. The highest BCUT2D eigenvalue weighted by Gasteiger charge is 2.33. The number of nitrogens with one attached hydrogen (secondary N) is 5. The zero-order chi connectivity index (χ0) is 22.4. The molecular weight excluding hydrogens is 388 g/mol. The molecule has 8 nitrogen and oxygen atoms in total. The van der Waals surface area contributed by atoms with E-state index in [9.17, 15) is 0 Å². The van der Waals surface area contributed by atoms with Crippen LogP contribution in [0.25, 0.3) is 0 Å². The number of likely N-dealkylation sites (N-methyl/N-ethyl adjacent to an activating group) is 1. The maximum Gasteiger partial charge on any atom is 0.223 e. The maximum absolute atomic E-state index is 7.86. The lowest BCUT2D eigenvalue weighted by atomic mass is 9.84. The third-order valence-corrected chi connectivity index (χ3v) is 6.32. The van der Waals surface area contributed by atoms with Gasteiger partial charge in [-0.05, 0) is 71.2 Å². The fourth-order valence-corrected chi connectivity index (χ4v) is 4.05. The van der Waals surface area contributed by atoms with Crippen LogP contribution in [0.15, 0.2) is 30.5 Å². The van der Waals surface area contributed by atoms with E-state index < -0.39 is 11.6 Å². The molecule has 0 radical (unpaired) electrons.